The highest BCUT2D eigenvalue weighted by Gasteiger charge is 2.32. The number of hydrogen-bond acceptors (Lipinski definition) is 4. The Morgan fingerprint density at radius 2 is 2.07 bits per heavy atom. The SMILES string of the molecule is Cc1nc2cc[nH]n2c(=O)c1CC(=O)NC1C(=O)Nc2ccc(C(C)C)cc21. The lowest BCUT2D eigenvalue weighted by molar-refractivity contribution is -0.125. The molecular formula is C20H21N5O3. The topological polar surface area (TPSA) is 108 Å². The van der Waals surface area contributed by atoms with E-state index in [2.05, 4.69) is 34.6 Å². The van der Waals surface area contributed by atoms with Crippen LogP contribution in [-0.2, 0) is 16.0 Å². The first-order chi connectivity index (χ1) is 13.3. The van der Waals surface area contributed by atoms with Gasteiger partial charge in [-0.1, -0.05) is 26.0 Å². The Balaban J connectivity index is 1.59. The van der Waals surface area contributed by atoms with Crippen molar-refractivity contribution in [2.75, 3.05) is 5.32 Å². The molecule has 3 aromatic rings. The number of nitrogens with one attached hydrogen (secondary N) is 3. The molecule has 28 heavy (non-hydrogen) atoms. The van der Waals surface area contributed by atoms with Crippen LogP contribution >= 0.6 is 0 Å². The maximum absolute atomic E-state index is 12.6. The summed E-state index contributed by atoms with van der Waals surface area (Å²) in [5, 5.41) is 8.33. The van der Waals surface area contributed by atoms with Crippen molar-refractivity contribution in [1.82, 2.24) is 19.9 Å². The standard InChI is InChI=1S/C20H21N5O3/c1-10(2)12-4-5-15-14(8-12)18(19(27)23-15)24-17(26)9-13-11(3)22-16-6-7-21-25(16)20(13)28/h4-8,10,18,21H,9H2,1-3H3,(H,23,27)(H,24,26). The molecule has 2 amide bonds. The van der Waals surface area contributed by atoms with E-state index in [1.165, 1.54) is 4.52 Å². The second-order valence-electron chi connectivity index (χ2n) is 7.30. The van der Waals surface area contributed by atoms with Crippen molar-refractivity contribution in [3.63, 3.8) is 0 Å². The summed E-state index contributed by atoms with van der Waals surface area (Å²) in [6.07, 6.45) is 1.46. The van der Waals surface area contributed by atoms with Crippen LogP contribution < -0.4 is 16.2 Å². The summed E-state index contributed by atoms with van der Waals surface area (Å²) in [6, 6.07) is 6.68. The number of benzene rings is 1. The fourth-order valence-corrected chi connectivity index (χ4v) is 3.46. The zero-order chi connectivity index (χ0) is 20.0. The Kier molecular flexibility index (Phi) is 4.26. The average Bonchev–Trinajstić information content (AvgIpc) is 3.23. The largest absolute Gasteiger partial charge is 0.340 e. The molecule has 144 valence electrons. The van der Waals surface area contributed by atoms with E-state index < -0.39 is 11.9 Å². The van der Waals surface area contributed by atoms with Crippen LogP contribution in [0.15, 0.2) is 35.3 Å². The molecule has 3 N–H and O–H groups in total. The Morgan fingerprint density at radius 3 is 2.82 bits per heavy atom. The molecule has 3 heterocycles. The van der Waals surface area contributed by atoms with Gasteiger partial charge in [0, 0.05) is 34.8 Å². The van der Waals surface area contributed by atoms with Crippen LogP contribution in [-0.4, -0.2) is 26.4 Å². The van der Waals surface area contributed by atoms with E-state index in [4.69, 9.17) is 0 Å². The molecule has 0 saturated carbocycles. The first kappa shape index (κ1) is 18.0. The minimum Gasteiger partial charge on any atom is -0.340 e. The number of carbonyl (C=O) groups excluding carboxylic acids is 2. The molecule has 1 aliphatic heterocycles. The molecule has 1 aromatic carbocycles. The number of aromatic amines is 1. The van der Waals surface area contributed by atoms with Crippen LogP contribution in [0.2, 0.25) is 0 Å². The highest BCUT2D eigenvalue weighted by Crippen LogP contribution is 2.33. The van der Waals surface area contributed by atoms with Gasteiger partial charge in [0.25, 0.3) is 11.5 Å². The van der Waals surface area contributed by atoms with Gasteiger partial charge in [0.15, 0.2) is 5.65 Å². The third-order valence-electron chi connectivity index (χ3n) is 5.06. The second kappa shape index (κ2) is 6.63. The number of rotatable bonds is 4. The number of aryl methyl sites for hydroxylation is 1. The van der Waals surface area contributed by atoms with Crippen LogP contribution in [0.25, 0.3) is 5.65 Å². The van der Waals surface area contributed by atoms with E-state index in [1.807, 2.05) is 18.2 Å². The molecular weight excluding hydrogens is 358 g/mol. The lowest BCUT2D eigenvalue weighted by Crippen LogP contribution is -2.35. The van der Waals surface area contributed by atoms with Crippen molar-refractivity contribution in [3.05, 3.63) is 63.2 Å². The Bertz CT molecular complexity index is 1160. The van der Waals surface area contributed by atoms with Crippen molar-refractivity contribution in [2.45, 2.75) is 39.2 Å². The third kappa shape index (κ3) is 2.96. The molecule has 2 aromatic heterocycles. The van der Waals surface area contributed by atoms with E-state index in [0.29, 0.717) is 28.5 Å². The zero-order valence-corrected chi connectivity index (χ0v) is 15.9. The Morgan fingerprint density at radius 1 is 1.29 bits per heavy atom. The van der Waals surface area contributed by atoms with E-state index in [0.717, 1.165) is 11.1 Å². The predicted molar refractivity (Wildman–Crippen MR) is 104 cm³/mol. The normalized spacial score (nSPS) is 15.7. The number of amides is 2. The van der Waals surface area contributed by atoms with Gasteiger partial charge in [-0.3, -0.25) is 19.5 Å². The van der Waals surface area contributed by atoms with Gasteiger partial charge in [-0.2, -0.15) is 0 Å². The van der Waals surface area contributed by atoms with Gasteiger partial charge in [0.05, 0.1) is 6.42 Å². The van der Waals surface area contributed by atoms with Crippen molar-refractivity contribution < 1.29 is 9.59 Å². The zero-order valence-electron chi connectivity index (χ0n) is 15.9. The van der Waals surface area contributed by atoms with Crippen LogP contribution in [0, 0.1) is 6.92 Å². The smallest absolute Gasteiger partial charge is 0.276 e. The first-order valence-corrected chi connectivity index (χ1v) is 9.15. The van der Waals surface area contributed by atoms with Gasteiger partial charge in [-0.15, -0.1) is 0 Å². The summed E-state index contributed by atoms with van der Waals surface area (Å²) in [7, 11) is 0. The first-order valence-electron chi connectivity index (χ1n) is 9.15. The van der Waals surface area contributed by atoms with Gasteiger partial charge in [0.1, 0.15) is 6.04 Å². The fraction of sp³-hybridized carbons (Fsp3) is 0.300. The van der Waals surface area contributed by atoms with Crippen molar-refractivity contribution >= 4 is 23.1 Å². The highest BCUT2D eigenvalue weighted by molar-refractivity contribution is 6.04. The molecule has 0 radical (unpaired) electrons. The number of anilines is 1. The van der Waals surface area contributed by atoms with Gasteiger partial charge >= 0.3 is 0 Å². The summed E-state index contributed by atoms with van der Waals surface area (Å²) in [5.74, 6) is -0.384. The van der Waals surface area contributed by atoms with Gasteiger partial charge in [0.2, 0.25) is 5.91 Å². The van der Waals surface area contributed by atoms with Crippen LogP contribution in [0.5, 0.6) is 0 Å². The maximum Gasteiger partial charge on any atom is 0.276 e. The lowest BCUT2D eigenvalue weighted by Gasteiger charge is -2.14. The number of H-pyrrole nitrogens is 1. The Labute approximate surface area is 161 Å². The van der Waals surface area contributed by atoms with Crippen molar-refractivity contribution in [2.24, 2.45) is 0 Å². The quantitative estimate of drug-likeness (QED) is 0.642. The van der Waals surface area contributed by atoms with Gasteiger partial charge in [-0.25, -0.2) is 9.50 Å². The van der Waals surface area contributed by atoms with Crippen molar-refractivity contribution in [3.8, 4) is 0 Å². The van der Waals surface area contributed by atoms with E-state index in [9.17, 15) is 14.4 Å². The molecule has 0 aliphatic carbocycles. The average molecular weight is 379 g/mol. The molecule has 8 heteroatoms. The number of fused-ring (bicyclic) bond motifs is 2. The molecule has 0 saturated heterocycles. The molecule has 1 atom stereocenters. The minimum absolute atomic E-state index is 0.150. The summed E-state index contributed by atoms with van der Waals surface area (Å²) >= 11 is 0. The number of aromatic nitrogens is 3. The third-order valence-corrected chi connectivity index (χ3v) is 5.06. The number of nitrogens with zero attached hydrogens (tertiary/aromatic N) is 2. The van der Waals surface area contributed by atoms with Gasteiger partial charge in [-0.05, 0) is 24.5 Å². The molecule has 1 unspecified atom stereocenters. The summed E-state index contributed by atoms with van der Waals surface area (Å²) in [6.45, 7) is 5.84. The lowest BCUT2D eigenvalue weighted by atomic mass is 9.98. The van der Waals surface area contributed by atoms with Crippen LogP contribution in [0.3, 0.4) is 0 Å². The fourth-order valence-electron chi connectivity index (χ4n) is 3.46. The van der Waals surface area contributed by atoms with Crippen molar-refractivity contribution in [1.29, 1.82) is 0 Å². The summed E-state index contributed by atoms with van der Waals surface area (Å²) < 4.78 is 1.29. The van der Waals surface area contributed by atoms with E-state index >= 15 is 0 Å². The van der Waals surface area contributed by atoms with E-state index in [-0.39, 0.29) is 17.9 Å². The predicted octanol–water partition coefficient (Wildman–Crippen LogP) is 1.81. The molecule has 8 nitrogen and oxygen atoms in total. The summed E-state index contributed by atoms with van der Waals surface area (Å²) in [4.78, 5) is 41.9. The summed E-state index contributed by atoms with van der Waals surface area (Å²) in [5.41, 5.74) is 3.51. The van der Waals surface area contributed by atoms with Crippen LogP contribution in [0.4, 0.5) is 5.69 Å². The molecule has 4 rings (SSSR count). The highest BCUT2D eigenvalue weighted by atomic mass is 16.2. The molecule has 1 aliphatic rings. The molecule has 0 bridgehead atoms. The number of carbonyl (C=O) groups is 2. The maximum atomic E-state index is 12.6. The Hall–Kier alpha value is -3.42. The van der Waals surface area contributed by atoms with Crippen LogP contribution in [0.1, 0.15) is 48.2 Å². The molecule has 0 fully saturated rings. The second-order valence-corrected chi connectivity index (χ2v) is 7.30. The van der Waals surface area contributed by atoms with E-state index in [1.54, 1.807) is 19.2 Å². The minimum atomic E-state index is -0.772. The van der Waals surface area contributed by atoms with Gasteiger partial charge < -0.3 is 10.6 Å². The monoisotopic (exact) mass is 379 g/mol. The molecule has 0 spiro atoms. The number of hydrogen-bond donors (Lipinski definition) is 3.